The van der Waals surface area contributed by atoms with Crippen molar-refractivity contribution in [3.8, 4) is 0 Å². The SMILES string of the molecule is C[CH]C(C)Cc1ccc(C(=O)O)c(Cc2ccccc2)c1. The summed E-state index contributed by atoms with van der Waals surface area (Å²) in [6, 6.07) is 15.7. The number of carboxylic acids is 1. The zero-order chi connectivity index (χ0) is 15.2. The van der Waals surface area contributed by atoms with Crippen molar-refractivity contribution in [2.24, 2.45) is 5.92 Å². The maximum atomic E-state index is 11.4. The molecule has 2 nitrogen and oxygen atoms in total. The van der Waals surface area contributed by atoms with E-state index in [-0.39, 0.29) is 0 Å². The first-order valence-corrected chi connectivity index (χ1v) is 7.28. The fraction of sp³-hybridized carbons (Fsp3) is 0.263. The molecule has 1 N–H and O–H groups in total. The molecule has 2 heteroatoms. The summed E-state index contributed by atoms with van der Waals surface area (Å²) < 4.78 is 0. The van der Waals surface area contributed by atoms with Gasteiger partial charge >= 0.3 is 5.97 Å². The highest BCUT2D eigenvalue weighted by Gasteiger charge is 2.12. The van der Waals surface area contributed by atoms with E-state index in [0.717, 1.165) is 17.5 Å². The lowest BCUT2D eigenvalue weighted by Gasteiger charge is -2.12. The van der Waals surface area contributed by atoms with Crippen molar-refractivity contribution < 1.29 is 9.90 Å². The van der Waals surface area contributed by atoms with Crippen LogP contribution in [0.2, 0.25) is 0 Å². The summed E-state index contributed by atoms with van der Waals surface area (Å²) in [7, 11) is 0. The maximum absolute atomic E-state index is 11.4. The van der Waals surface area contributed by atoms with E-state index in [2.05, 4.69) is 20.3 Å². The quantitative estimate of drug-likeness (QED) is 0.853. The summed E-state index contributed by atoms with van der Waals surface area (Å²) in [5.41, 5.74) is 3.61. The summed E-state index contributed by atoms with van der Waals surface area (Å²) in [6.07, 6.45) is 3.76. The highest BCUT2D eigenvalue weighted by Crippen LogP contribution is 2.19. The number of hydrogen-bond acceptors (Lipinski definition) is 1. The van der Waals surface area contributed by atoms with Crippen molar-refractivity contribution in [2.45, 2.75) is 26.7 Å². The van der Waals surface area contributed by atoms with E-state index < -0.39 is 5.97 Å². The standard InChI is InChI=1S/C19H21O2/c1-3-14(2)11-16-9-10-18(19(20)21)17(13-16)12-15-7-5-4-6-8-15/h3-10,13-14H,11-12H2,1-2H3,(H,20,21). The molecule has 0 heterocycles. The van der Waals surface area contributed by atoms with Crippen molar-refractivity contribution in [3.63, 3.8) is 0 Å². The van der Waals surface area contributed by atoms with Gasteiger partial charge in [-0.15, -0.1) is 0 Å². The Morgan fingerprint density at radius 2 is 1.86 bits per heavy atom. The molecule has 0 amide bonds. The van der Waals surface area contributed by atoms with Gasteiger partial charge in [-0.05, 0) is 47.9 Å². The van der Waals surface area contributed by atoms with Gasteiger partial charge in [0.1, 0.15) is 0 Å². The minimum Gasteiger partial charge on any atom is -0.478 e. The zero-order valence-electron chi connectivity index (χ0n) is 12.5. The van der Waals surface area contributed by atoms with E-state index in [1.165, 1.54) is 5.56 Å². The molecule has 1 radical (unpaired) electrons. The lowest BCUT2D eigenvalue weighted by atomic mass is 9.93. The number of benzene rings is 2. The van der Waals surface area contributed by atoms with Crippen molar-refractivity contribution in [1.29, 1.82) is 0 Å². The highest BCUT2D eigenvalue weighted by atomic mass is 16.4. The average molecular weight is 281 g/mol. The van der Waals surface area contributed by atoms with E-state index in [4.69, 9.17) is 0 Å². The minimum atomic E-state index is -0.859. The maximum Gasteiger partial charge on any atom is 0.335 e. The summed E-state index contributed by atoms with van der Waals surface area (Å²) in [4.78, 5) is 11.4. The topological polar surface area (TPSA) is 37.3 Å². The van der Waals surface area contributed by atoms with Crippen LogP contribution in [0, 0.1) is 12.3 Å². The van der Waals surface area contributed by atoms with Gasteiger partial charge in [-0.25, -0.2) is 4.79 Å². The van der Waals surface area contributed by atoms with E-state index >= 15 is 0 Å². The van der Waals surface area contributed by atoms with Crippen LogP contribution in [0.4, 0.5) is 0 Å². The number of rotatable bonds is 6. The second-order valence-corrected chi connectivity index (χ2v) is 5.47. The van der Waals surface area contributed by atoms with Crippen LogP contribution in [0.25, 0.3) is 0 Å². The molecule has 2 rings (SSSR count). The molecule has 0 aliphatic heterocycles. The molecule has 0 aliphatic carbocycles. The Hall–Kier alpha value is -2.09. The Labute approximate surface area is 126 Å². The molecule has 109 valence electrons. The number of carbonyl (C=O) groups is 1. The van der Waals surface area contributed by atoms with Crippen molar-refractivity contribution in [1.82, 2.24) is 0 Å². The third-order valence-corrected chi connectivity index (χ3v) is 3.76. The van der Waals surface area contributed by atoms with Crippen molar-refractivity contribution in [3.05, 3.63) is 77.2 Å². The van der Waals surface area contributed by atoms with Gasteiger partial charge in [0.05, 0.1) is 5.56 Å². The third-order valence-electron chi connectivity index (χ3n) is 3.76. The molecule has 0 aliphatic rings. The Bertz CT molecular complexity index is 602. The second-order valence-electron chi connectivity index (χ2n) is 5.47. The smallest absolute Gasteiger partial charge is 0.335 e. The molecule has 1 unspecified atom stereocenters. The Kier molecular flexibility index (Phi) is 5.15. The zero-order valence-corrected chi connectivity index (χ0v) is 12.5. The molecule has 2 aromatic rings. The van der Waals surface area contributed by atoms with Crippen molar-refractivity contribution in [2.75, 3.05) is 0 Å². The molecule has 0 saturated heterocycles. The van der Waals surface area contributed by atoms with Crippen LogP contribution < -0.4 is 0 Å². The molecule has 0 bridgehead atoms. The summed E-state index contributed by atoms with van der Waals surface area (Å²) in [6.45, 7) is 4.23. The predicted octanol–water partition coefficient (Wildman–Crippen LogP) is 4.38. The third kappa shape index (κ3) is 4.19. The number of carboxylic acid groups (broad SMARTS) is 1. The fourth-order valence-corrected chi connectivity index (χ4v) is 2.43. The summed E-state index contributed by atoms with van der Waals surface area (Å²) in [5.74, 6) is -0.368. The van der Waals surface area contributed by atoms with Crippen LogP contribution >= 0.6 is 0 Å². The van der Waals surface area contributed by atoms with Crippen LogP contribution in [0.1, 0.15) is 40.9 Å². The monoisotopic (exact) mass is 281 g/mol. The first-order valence-electron chi connectivity index (χ1n) is 7.28. The molecular formula is C19H21O2. The highest BCUT2D eigenvalue weighted by molar-refractivity contribution is 5.89. The fourth-order valence-electron chi connectivity index (χ4n) is 2.43. The van der Waals surface area contributed by atoms with Crippen LogP contribution in [-0.2, 0) is 12.8 Å². The first-order chi connectivity index (χ1) is 10.1. The first kappa shape index (κ1) is 15.3. The normalized spacial score (nSPS) is 12.1. The minimum absolute atomic E-state index is 0.399. The van der Waals surface area contributed by atoms with Crippen LogP contribution in [0.15, 0.2) is 48.5 Å². The largest absolute Gasteiger partial charge is 0.478 e. The molecule has 0 spiro atoms. The Balaban J connectivity index is 2.31. The average Bonchev–Trinajstić information content (AvgIpc) is 2.48. The lowest BCUT2D eigenvalue weighted by molar-refractivity contribution is 0.0696. The van der Waals surface area contributed by atoms with E-state index in [9.17, 15) is 9.90 Å². The number of hydrogen-bond donors (Lipinski definition) is 1. The number of aromatic carboxylic acids is 1. The van der Waals surface area contributed by atoms with E-state index in [1.807, 2.05) is 42.5 Å². The Morgan fingerprint density at radius 1 is 1.14 bits per heavy atom. The van der Waals surface area contributed by atoms with Crippen LogP contribution in [-0.4, -0.2) is 11.1 Å². The van der Waals surface area contributed by atoms with Crippen molar-refractivity contribution >= 4 is 5.97 Å². The molecule has 2 aromatic carbocycles. The molecule has 0 fully saturated rings. The van der Waals surface area contributed by atoms with Gasteiger partial charge in [0.2, 0.25) is 0 Å². The van der Waals surface area contributed by atoms with Crippen LogP contribution in [0.3, 0.4) is 0 Å². The van der Waals surface area contributed by atoms with Gasteiger partial charge in [0.25, 0.3) is 0 Å². The van der Waals surface area contributed by atoms with E-state index in [1.54, 1.807) is 6.07 Å². The van der Waals surface area contributed by atoms with Gasteiger partial charge in [-0.3, -0.25) is 0 Å². The van der Waals surface area contributed by atoms with Gasteiger partial charge in [-0.1, -0.05) is 56.3 Å². The van der Waals surface area contributed by atoms with Gasteiger partial charge < -0.3 is 5.11 Å². The molecule has 0 aromatic heterocycles. The molecule has 21 heavy (non-hydrogen) atoms. The van der Waals surface area contributed by atoms with Crippen LogP contribution in [0.5, 0.6) is 0 Å². The van der Waals surface area contributed by atoms with Gasteiger partial charge in [-0.2, -0.15) is 0 Å². The summed E-state index contributed by atoms with van der Waals surface area (Å²) >= 11 is 0. The molecule has 1 atom stereocenters. The van der Waals surface area contributed by atoms with Gasteiger partial charge in [0.15, 0.2) is 0 Å². The predicted molar refractivity (Wildman–Crippen MR) is 85.5 cm³/mol. The van der Waals surface area contributed by atoms with E-state index in [0.29, 0.717) is 17.9 Å². The summed E-state index contributed by atoms with van der Waals surface area (Å²) in [5, 5.41) is 9.36. The van der Waals surface area contributed by atoms with Gasteiger partial charge in [0, 0.05) is 0 Å². The second kappa shape index (κ2) is 7.07. The Morgan fingerprint density at radius 3 is 2.48 bits per heavy atom. The lowest BCUT2D eigenvalue weighted by Crippen LogP contribution is -2.06. The molecule has 0 saturated carbocycles. The molecular weight excluding hydrogens is 260 g/mol.